The summed E-state index contributed by atoms with van der Waals surface area (Å²) in [6.07, 6.45) is 3.73. The standard InChI is InChI=1S/C25H17ClN4O3/c26-20-8-7-18(29-25(32)22-2-1-9-33-22)12-19(20)21-11-16-10-17(13-28-24(16)30-21)14-3-5-15(6-4-14)23(27)31/h1-10,12-13H,11H2,(H2,27,31)(H,29,32). The van der Waals surface area contributed by atoms with E-state index in [1.165, 1.54) is 6.26 Å². The van der Waals surface area contributed by atoms with Crippen molar-refractivity contribution in [3.63, 3.8) is 0 Å². The molecule has 33 heavy (non-hydrogen) atoms. The van der Waals surface area contributed by atoms with Gasteiger partial charge in [-0.15, -0.1) is 0 Å². The number of anilines is 1. The summed E-state index contributed by atoms with van der Waals surface area (Å²) in [6, 6.07) is 17.6. The molecule has 0 bridgehead atoms. The molecule has 1 aliphatic heterocycles. The molecule has 1 aliphatic rings. The molecule has 3 heterocycles. The van der Waals surface area contributed by atoms with Crippen LogP contribution < -0.4 is 11.1 Å². The van der Waals surface area contributed by atoms with Crippen LogP contribution in [-0.2, 0) is 6.42 Å². The summed E-state index contributed by atoms with van der Waals surface area (Å²) in [4.78, 5) is 32.7. The quantitative estimate of drug-likeness (QED) is 0.439. The molecular weight excluding hydrogens is 440 g/mol. The Labute approximate surface area is 193 Å². The van der Waals surface area contributed by atoms with E-state index in [1.807, 2.05) is 18.2 Å². The van der Waals surface area contributed by atoms with E-state index >= 15 is 0 Å². The van der Waals surface area contributed by atoms with Gasteiger partial charge in [0, 0.05) is 45.6 Å². The highest BCUT2D eigenvalue weighted by Crippen LogP contribution is 2.33. The number of hydrogen-bond acceptors (Lipinski definition) is 5. The lowest BCUT2D eigenvalue weighted by molar-refractivity contribution is 0.0990. The number of benzene rings is 2. The molecule has 2 aromatic heterocycles. The molecule has 0 radical (unpaired) electrons. The van der Waals surface area contributed by atoms with Gasteiger partial charge in [0.15, 0.2) is 11.6 Å². The molecule has 0 unspecified atom stereocenters. The highest BCUT2D eigenvalue weighted by atomic mass is 35.5. The summed E-state index contributed by atoms with van der Waals surface area (Å²) in [5.74, 6) is 0.0333. The Hall–Kier alpha value is -4.23. The molecule has 5 rings (SSSR count). The molecule has 0 aliphatic carbocycles. The van der Waals surface area contributed by atoms with Crippen molar-refractivity contribution in [2.24, 2.45) is 10.7 Å². The Morgan fingerprint density at radius 3 is 2.58 bits per heavy atom. The van der Waals surface area contributed by atoms with Crippen molar-refractivity contribution in [2.75, 3.05) is 5.32 Å². The van der Waals surface area contributed by atoms with Gasteiger partial charge in [-0.2, -0.15) is 0 Å². The average Bonchev–Trinajstić information content (AvgIpc) is 3.50. The summed E-state index contributed by atoms with van der Waals surface area (Å²) in [7, 11) is 0. The Morgan fingerprint density at radius 2 is 1.85 bits per heavy atom. The van der Waals surface area contributed by atoms with E-state index in [1.54, 1.807) is 48.7 Å². The third kappa shape index (κ3) is 4.14. The molecule has 4 aromatic rings. The Balaban J connectivity index is 1.38. The Kier molecular flexibility index (Phi) is 5.24. The summed E-state index contributed by atoms with van der Waals surface area (Å²) in [6.45, 7) is 0. The van der Waals surface area contributed by atoms with Crippen LogP contribution in [0, 0.1) is 0 Å². The molecule has 7 nitrogen and oxygen atoms in total. The fourth-order valence-corrected chi connectivity index (χ4v) is 3.87. The smallest absolute Gasteiger partial charge is 0.291 e. The molecule has 2 amide bonds. The van der Waals surface area contributed by atoms with Gasteiger partial charge < -0.3 is 15.5 Å². The van der Waals surface area contributed by atoms with Crippen LogP contribution >= 0.6 is 11.6 Å². The molecule has 0 atom stereocenters. The lowest BCUT2D eigenvalue weighted by Crippen LogP contribution is -2.11. The van der Waals surface area contributed by atoms with E-state index in [0.717, 1.165) is 28.0 Å². The number of aromatic nitrogens is 1. The van der Waals surface area contributed by atoms with Crippen LogP contribution in [0.1, 0.15) is 32.0 Å². The van der Waals surface area contributed by atoms with E-state index in [9.17, 15) is 9.59 Å². The van der Waals surface area contributed by atoms with E-state index in [2.05, 4.69) is 15.3 Å². The number of nitrogens with two attached hydrogens (primary N) is 1. The summed E-state index contributed by atoms with van der Waals surface area (Å²) >= 11 is 6.45. The second-order valence-electron chi connectivity index (χ2n) is 7.51. The largest absolute Gasteiger partial charge is 0.459 e. The molecular formula is C25H17ClN4O3. The number of nitrogens with one attached hydrogen (secondary N) is 1. The number of halogens is 1. The maximum Gasteiger partial charge on any atom is 0.291 e. The highest BCUT2D eigenvalue weighted by molar-refractivity contribution is 6.34. The van der Waals surface area contributed by atoms with Crippen LogP contribution in [0.5, 0.6) is 0 Å². The van der Waals surface area contributed by atoms with Gasteiger partial charge >= 0.3 is 0 Å². The minimum absolute atomic E-state index is 0.220. The summed E-state index contributed by atoms with van der Waals surface area (Å²) < 4.78 is 5.14. The minimum Gasteiger partial charge on any atom is -0.459 e. The lowest BCUT2D eigenvalue weighted by atomic mass is 10.0. The third-order valence-corrected chi connectivity index (χ3v) is 5.65. The maximum atomic E-state index is 12.3. The van der Waals surface area contributed by atoms with Crippen LogP contribution in [0.4, 0.5) is 11.5 Å². The molecule has 8 heteroatoms. The minimum atomic E-state index is -0.467. The van der Waals surface area contributed by atoms with Crippen molar-refractivity contribution in [3.8, 4) is 11.1 Å². The van der Waals surface area contributed by atoms with Gasteiger partial charge in [-0.25, -0.2) is 9.98 Å². The van der Waals surface area contributed by atoms with Crippen molar-refractivity contribution in [2.45, 2.75) is 6.42 Å². The fraction of sp³-hybridized carbons (Fsp3) is 0.0400. The zero-order valence-electron chi connectivity index (χ0n) is 17.2. The third-order valence-electron chi connectivity index (χ3n) is 5.32. The first kappa shape index (κ1) is 20.7. The number of carbonyl (C=O) groups is 2. The van der Waals surface area contributed by atoms with Crippen LogP contribution in [-0.4, -0.2) is 22.5 Å². The van der Waals surface area contributed by atoms with Gasteiger partial charge in [0.25, 0.3) is 5.91 Å². The van der Waals surface area contributed by atoms with Crippen molar-refractivity contribution in [1.82, 2.24) is 4.98 Å². The maximum absolute atomic E-state index is 12.3. The number of primary amides is 1. The number of carbonyl (C=O) groups excluding carboxylic acids is 2. The monoisotopic (exact) mass is 456 g/mol. The number of fused-ring (bicyclic) bond motifs is 1. The van der Waals surface area contributed by atoms with E-state index in [0.29, 0.717) is 28.5 Å². The summed E-state index contributed by atoms with van der Waals surface area (Å²) in [5.41, 5.74) is 10.6. The number of nitrogens with zero attached hydrogens (tertiary/aromatic N) is 2. The first-order chi connectivity index (χ1) is 16.0. The zero-order valence-corrected chi connectivity index (χ0v) is 18.0. The Bertz CT molecular complexity index is 1410. The predicted molar refractivity (Wildman–Crippen MR) is 126 cm³/mol. The second-order valence-corrected chi connectivity index (χ2v) is 7.92. The van der Waals surface area contributed by atoms with E-state index in [4.69, 9.17) is 21.8 Å². The predicted octanol–water partition coefficient (Wildman–Crippen LogP) is 5.02. The number of hydrogen-bond donors (Lipinski definition) is 2. The number of amides is 2. The van der Waals surface area contributed by atoms with Crippen molar-refractivity contribution < 1.29 is 14.0 Å². The van der Waals surface area contributed by atoms with Crippen LogP contribution in [0.15, 0.2) is 82.5 Å². The second kappa shape index (κ2) is 8.37. The first-order valence-corrected chi connectivity index (χ1v) is 10.5. The van der Waals surface area contributed by atoms with Gasteiger partial charge in [0.1, 0.15) is 0 Å². The van der Waals surface area contributed by atoms with Crippen molar-refractivity contribution >= 4 is 40.6 Å². The molecule has 0 saturated carbocycles. The SMILES string of the molecule is NC(=O)c1ccc(-c2cnc3c(c2)CC(c2cc(NC(=O)c4ccco4)ccc2Cl)=N3)cc1. The number of aliphatic imine (C=N–C) groups is 1. The van der Waals surface area contributed by atoms with E-state index in [-0.39, 0.29) is 11.7 Å². The van der Waals surface area contributed by atoms with Crippen molar-refractivity contribution in [1.29, 1.82) is 0 Å². The molecule has 0 saturated heterocycles. The van der Waals surface area contributed by atoms with Crippen LogP contribution in [0.3, 0.4) is 0 Å². The first-order valence-electron chi connectivity index (χ1n) is 10.1. The van der Waals surface area contributed by atoms with Gasteiger partial charge in [-0.3, -0.25) is 9.59 Å². The van der Waals surface area contributed by atoms with Gasteiger partial charge in [0.05, 0.1) is 12.0 Å². The van der Waals surface area contributed by atoms with Gasteiger partial charge in [-0.1, -0.05) is 23.7 Å². The Morgan fingerprint density at radius 1 is 1.03 bits per heavy atom. The highest BCUT2D eigenvalue weighted by Gasteiger charge is 2.21. The number of furan rings is 1. The molecule has 3 N–H and O–H groups in total. The molecule has 2 aromatic carbocycles. The molecule has 0 spiro atoms. The normalized spacial score (nSPS) is 12.2. The van der Waals surface area contributed by atoms with Crippen molar-refractivity contribution in [3.05, 3.63) is 101 Å². The topological polar surface area (TPSA) is 111 Å². The van der Waals surface area contributed by atoms with Gasteiger partial charge in [0.2, 0.25) is 5.91 Å². The number of rotatable bonds is 5. The average molecular weight is 457 g/mol. The zero-order chi connectivity index (χ0) is 22.9. The summed E-state index contributed by atoms with van der Waals surface area (Å²) in [5, 5.41) is 3.33. The van der Waals surface area contributed by atoms with Crippen LogP contribution in [0.25, 0.3) is 11.1 Å². The molecule has 0 fully saturated rings. The fourth-order valence-electron chi connectivity index (χ4n) is 3.65. The van der Waals surface area contributed by atoms with Gasteiger partial charge in [-0.05, 0) is 54.1 Å². The number of pyridine rings is 1. The molecule has 162 valence electrons. The van der Waals surface area contributed by atoms with Crippen LogP contribution in [0.2, 0.25) is 5.02 Å². The van der Waals surface area contributed by atoms with E-state index < -0.39 is 5.91 Å². The lowest BCUT2D eigenvalue weighted by Gasteiger charge is -2.08.